The Morgan fingerprint density at radius 2 is 2.11 bits per heavy atom. The van der Waals surface area contributed by atoms with Gasteiger partial charge in [0, 0.05) is 12.6 Å². The molecule has 0 saturated heterocycles. The van der Waals surface area contributed by atoms with Crippen molar-refractivity contribution in [1.29, 1.82) is 0 Å². The quantitative estimate of drug-likeness (QED) is 0.717. The average Bonchev–Trinajstić information content (AvgIpc) is 3.02. The molecular weight excluding hydrogens is 260 g/mol. The second-order valence-corrected chi connectivity index (χ2v) is 5.27. The highest BCUT2D eigenvalue weighted by atomic mass is 32.1. The van der Waals surface area contributed by atoms with Gasteiger partial charge in [-0.1, -0.05) is 23.5 Å². The highest BCUT2D eigenvalue weighted by molar-refractivity contribution is 7.22. The lowest BCUT2D eigenvalue weighted by Crippen LogP contribution is -2.26. The molecule has 1 amide bonds. The first-order valence-corrected chi connectivity index (χ1v) is 6.66. The van der Waals surface area contributed by atoms with Crippen molar-refractivity contribution in [3.8, 4) is 0 Å². The third-order valence-electron chi connectivity index (χ3n) is 2.93. The predicted molar refractivity (Wildman–Crippen MR) is 75.8 cm³/mol. The SMILES string of the molecule is Cc1ccoc1C(=O)N(C)c1nc2ccccc2s1. The summed E-state index contributed by atoms with van der Waals surface area (Å²) in [4.78, 5) is 18.3. The van der Waals surface area contributed by atoms with Crippen LogP contribution < -0.4 is 4.90 Å². The zero-order chi connectivity index (χ0) is 13.4. The number of hydrogen-bond acceptors (Lipinski definition) is 4. The van der Waals surface area contributed by atoms with Crippen LogP contribution in [-0.4, -0.2) is 17.9 Å². The van der Waals surface area contributed by atoms with Gasteiger partial charge in [-0.2, -0.15) is 0 Å². The van der Waals surface area contributed by atoms with Gasteiger partial charge in [0.25, 0.3) is 5.91 Å². The van der Waals surface area contributed by atoms with Crippen molar-refractivity contribution in [3.05, 3.63) is 47.9 Å². The largest absolute Gasteiger partial charge is 0.459 e. The molecule has 0 saturated carbocycles. The zero-order valence-electron chi connectivity index (χ0n) is 10.6. The molecule has 0 unspecified atom stereocenters. The lowest BCUT2D eigenvalue weighted by molar-refractivity contribution is 0.0965. The lowest BCUT2D eigenvalue weighted by Gasteiger charge is -2.11. The fraction of sp³-hybridized carbons (Fsp3) is 0.143. The standard InChI is InChI=1S/C14H12N2O2S/c1-9-7-8-18-12(9)13(17)16(2)14-15-10-5-3-4-6-11(10)19-14/h3-8H,1-2H3. The Bertz CT molecular complexity index is 712. The molecule has 1 aromatic carbocycles. The highest BCUT2D eigenvalue weighted by Crippen LogP contribution is 2.28. The topological polar surface area (TPSA) is 46.3 Å². The summed E-state index contributed by atoms with van der Waals surface area (Å²) < 4.78 is 6.29. The number of carbonyl (C=O) groups is 1. The molecule has 0 aliphatic rings. The Hall–Kier alpha value is -2.14. The molecule has 3 aromatic rings. The van der Waals surface area contributed by atoms with Crippen LogP contribution in [0.4, 0.5) is 5.13 Å². The molecule has 5 heteroatoms. The average molecular weight is 272 g/mol. The van der Waals surface area contributed by atoms with Gasteiger partial charge in [0.1, 0.15) is 0 Å². The molecule has 0 bridgehead atoms. The van der Waals surface area contributed by atoms with Crippen molar-refractivity contribution in [2.75, 3.05) is 11.9 Å². The van der Waals surface area contributed by atoms with Crippen LogP contribution >= 0.6 is 11.3 Å². The molecule has 0 atom stereocenters. The summed E-state index contributed by atoms with van der Waals surface area (Å²) in [5.41, 5.74) is 1.73. The second kappa shape index (κ2) is 4.51. The van der Waals surface area contributed by atoms with Crippen molar-refractivity contribution >= 4 is 32.6 Å². The first kappa shape index (κ1) is 11.9. The number of thiazole rings is 1. The number of furan rings is 1. The summed E-state index contributed by atoms with van der Waals surface area (Å²) in [6, 6.07) is 9.60. The number of benzene rings is 1. The predicted octanol–water partition coefficient (Wildman–Crippen LogP) is 3.47. The van der Waals surface area contributed by atoms with Crippen LogP contribution in [0.2, 0.25) is 0 Å². The van der Waals surface area contributed by atoms with Gasteiger partial charge in [0.15, 0.2) is 10.9 Å². The van der Waals surface area contributed by atoms with Crippen LogP contribution in [0.1, 0.15) is 16.1 Å². The number of nitrogens with zero attached hydrogens (tertiary/aromatic N) is 2. The van der Waals surface area contributed by atoms with Gasteiger partial charge in [-0.15, -0.1) is 0 Å². The Morgan fingerprint density at radius 3 is 2.79 bits per heavy atom. The third-order valence-corrected chi connectivity index (χ3v) is 4.04. The van der Waals surface area contributed by atoms with E-state index in [-0.39, 0.29) is 5.91 Å². The van der Waals surface area contributed by atoms with E-state index in [1.165, 1.54) is 22.5 Å². The number of rotatable bonds is 2. The first-order chi connectivity index (χ1) is 9.16. The summed E-state index contributed by atoms with van der Waals surface area (Å²) in [6.07, 6.45) is 1.52. The molecule has 96 valence electrons. The molecule has 0 spiro atoms. The Kier molecular flexibility index (Phi) is 2.83. The van der Waals surface area contributed by atoms with Crippen molar-refractivity contribution in [3.63, 3.8) is 0 Å². The summed E-state index contributed by atoms with van der Waals surface area (Å²) in [6.45, 7) is 1.85. The molecule has 0 aliphatic heterocycles. The molecular formula is C14H12N2O2S. The van der Waals surface area contributed by atoms with Gasteiger partial charge in [0.2, 0.25) is 0 Å². The smallest absolute Gasteiger partial charge is 0.295 e. The van der Waals surface area contributed by atoms with Gasteiger partial charge in [-0.05, 0) is 25.1 Å². The fourth-order valence-corrected chi connectivity index (χ4v) is 2.76. The summed E-state index contributed by atoms with van der Waals surface area (Å²) in [5.74, 6) is 0.184. The number of amides is 1. The van der Waals surface area contributed by atoms with E-state index in [9.17, 15) is 4.79 Å². The van der Waals surface area contributed by atoms with Crippen molar-refractivity contribution < 1.29 is 9.21 Å². The van der Waals surface area contributed by atoms with Crippen molar-refractivity contribution in [2.45, 2.75) is 6.92 Å². The highest BCUT2D eigenvalue weighted by Gasteiger charge is 2.21. The minimum Gasteiger partial charge on any atom is -0.459 e. The van der Waals surface area contributed by atoms with Crippen LogP contribution in [0.15, 0.2) is 41.0 Å². The van der Waals surface area contributed by atoms with E-state index in [0.717, 1.165) is 15.8 Å². The molecule has 0 aliphatic carbocycles. The van der Waals surface area contributed by atoms with E-state index in [4.69, 9.17) is 4.42 Å². The minimum atomic E-state index is -0.179. The molecule has 2 heterocycles. The maximum Gasteiger partial charge on any atom is 0.295 e. The molecule has 3 rings (SSSR count). The Labute approximate surface area is 114 Å². The lowest BCUT2D eigenvalue weighted by atomic mass is 10.2. The summed E-state index contributed by atoms with van der Waals surface area (Å²) in [5, 5.41) is 0.669. The molecule has 0 radical (unpaired) electrons. The van der Waals surface area contributed by atoms with E-state index < -0.39 is 0 Å². The van der Waals surface area contributed by atoms with Gasteiger partial charge in [-0.3, -0.25) is 9.69 Å². The number of aromatic nitrogens is 1. The van der Waals surface area contributed by atoms with E-state index in [1.54, 1.807) is 13.1 Å². The van der Waals surface area contributed by atoms with Crippen LogP contribution in [0.3, 0.4) is 0 Å². The fourth-order valence-electron chi connectivity index (χ4n) is 1.83. The minimum absolute atomic E-state index is 0.179. The number of anilines is 1. The molecule has 2 aromatic heterocycles. The molecule has 19 heavy (non-hydrogen) atoms. The monoisotopic (exact) mass is 272 g/mol. The van der Waals surface area contributed by atoms with Gasteiger partial charge in [-0.25, -0.2) is 4.98 Å². The Balaban J connectivity index is 1.97. The van der Waals surface area contributed by atoms with Gasteiger partial charge >= 0.3 is 0 Å². The zero-order valence-corrected chi connectivity index (χ0v) is 11.4. The maximum atomic E-state index is 12.3. The van der Waals surface area contributed by atoms with Crippen LogP contribution in [-0.2, 0) is 0 Å². The molecule has 0 N–H and O–H groups in total. The van der Waals surface area contributed by atoms with Gasteiger partial charge < -0.3 is 4.42 Å². The van der Waals surface area contributed by atoms with Crippen LogP contribution in [0.25, 0.3) is 10.2 Å². The van der Waals surface area contributed by atoms with Crippen molar-refractivity contribution in [2.24, 2.45) is 0 Å². The van der Waals surface area contributed by atoms with E-state index >= 15 is 0 Å². The number of aryl methyl sites for hydroxylation is 1. The number of hydrogen-bond donors (Lipinski definition) is 0. The molecule has 4 nitrogen and oxygen atoms in total. The van der Waals surface area contributed by atoms with E-state index in [2.05, 4.69) is 4.98 Å². The van der Waals surface area contributed by atoms with Crippen LogP contribution in [0.5, 0.6) is 0 Å². The summed E-state index contributed by atoms with van der Waals surface area (Å²) in [7, 11) is 1.71. The van der Waals surface area contributed by atoms with E-state index in [0.29, 0.717) is 10.9 Å². The maximum absolute atomic E-state index is 12.3. The number of carbonyl (C=O) groups excluding carboxylic acids is 1. The van der Waals surface area contributed by atoms with Crippen molar-refractivity contribution in [1.82, 2.24) is 4.98 Å². The number of para-hydroxylation sites is 1. The number of fused-ring (bicyclic) bond motifs is 1. The normalized spacial score (nSPS) is 10.8. The van der Waals surface area contributed by atoms with Gasteiger partial charge in [0.05, 0.1) is 16.5 Å². The second-order valence-electron chi connectivity index (χ2n) is 4.26. The molecule has 0 fully saturated rings. The third kappa shape index (κ3) is 2.02. The first-order valence-electron chi connectivity index (χ1n) is 5.84. The Morgan fingerprint density at radius 1 is 1.32 bits per heavy atom. The summed E-state index contributed by atoms with van der Waals surface area (Å²) >= 11 is 1.49. The van der Waals surface area contributed by atoms with Crippen LogP contribution in [0, 0.1) is 6.92 Å². The van der Waals surface area contributed by atoms with E-state index in [1.807, 2.05) is 31.2 Å².